The maximum absolute atomic E-state index is 12.7. The molecule has 1 aromatic carbocycles. The second-order valence-electron chi connectivity index (χ2n) is 5.52. The van der Waals surface area contributed by atoms with E-state index in [1.165, 1.54) is 0 Å². The highest BCUT2D eigenvalue weighted by atomic mass is 16.2. The van der Waals surface area contributed by atoms with Crippen molar-refractivity contribution < 1.29 is 9.59 Å². The molecule has 7 heteroatoms. The average Bonchev–Trinajstić information content (AvgIpc) is 2.95. The van der Waals surface area contributed by atoms with Gasteiger partial charge in [-0.25, -0.2) is 0 Å². The van der Waals surface area contributed by atoms with E-state index in [1.54, 1.807) is 11.9 Å². The molecule has 0 radical (unpaired) electrons. The van der Waals surface area contributed by atoms with Crippen molar-refractivity contribution in [2.75, 3.05) is 13.6 Å². The Hall–Kier alpha value is -2.70. The van der Waals surface area contributed by atoms with E-state index in [4.69, 9.17) is 0 Å². The van der Waals surface area contributed by atoms with Gasteiger partial charge < -0.3 is 14.8 Å². The van der Waals surface area contributed by atoms with Crippen molar-refractivity contribution in [2.45, 2.75) is 25.9 Å². The molecule has 2 aromatic rings. The van der Waals surface area contributed by atoms with Crippen LogP contribution in [0.1, 0.15) is 23.3 Å². The Bertz CT molecular complexity index is 725. The molecule has 7 nitrogen and oxygen atoms in total. The van der Waals surface area contributed by atoms with Crippen molar-refractivity contribution in [3.63, 3.8) is 0 Å². The number of likely N-dealkylation sites (N-methyl/N-ethyl adjacent to an activating group) is 1. The first-order valence-corrected chi connectivity index (χ1v) is 7.56. The van der Waals surface area contributed by atoms with Crippen LogP contribution in [0, 0.1) is 6.92 Å². The predicted octanol–water partition coefficient (Wildman–Crippen LogP) is 0.459. The lowest BCUT2D eigenvalue weighted by Crippen LogP contribution is -2.49. The molecule has 0 saturated carbocycles. The molecule has 2 heterocycles. The van der Waals surface area contributed by atoms with Crippen LogP contribution >= 0.6 is 0 Å². The summed E-state index contributed by atoms with van der Waals surface area (Å²) in [6.45, 7) is 2.91. The summed E-state index contributed by atoms with van der Waals surface area (Å²) in [7, 11) is 1.56. The zero-order valence-electron chi connectivity index (χ0n) is 13.2. The summed E-state index contributed by atoms with van der Waals surface area (Å²) < 4.78 is 1.90. The van der Waals surface area contributed by atoms with Crippen LogP contribution in [0.3, 0.4) is 0 Å². The van der Waals surface area contributed by atoms with Crippen molar-refractivity contribution in [3.05, 3.63) is 47.5 Å². The van der Waals surface area contributed by atoms with Crippen LogP contribution in [-0.2, 0) is 22.6 Å². The number of aromatic nitrogens is 3. The summed E-state index contributed by atoms with van der Waals surface area (Å²) >= 11 is 0. The van der Waals surface area contributed by atoms with Gasteiger partial charge in [0.15, 0.2) is 11.9 Å². The number of carbonyl (C=O) groups is 2. The van der Waals surface area contributed by atoms with Gasteiger partial charge in [-0.1, -0.05) is 30.3 Å². The molecule has 1 N–H and O–H groups in total. The van der Waals surface area contributed by atoms with Crippen LogP contribution < -0.4 is 5.32 Å². The molecule has 1 aromatic heterocycles. The van der Waals surface area contributed by atoms with Gasteiger partial charge in [0.1, 0.15) is 5.82 Å². The number of fused-ring (bicyclic) bond motifs is 1. The van der Waals surface area contributed by atoms with Crippen molar-refractivity contribution in [1.82, 2.24) is 25.0 Å². The molecule has 23 heavy (non-hydrogen) atoms. The molecule has 1 aliphatic rings. The Morgan fingerprint density at radius 3 is 2.65 bits per heavy atom. The number of nitrogens with zero attached hydrogens (tertiary/aromatic N) is 4. The molecule has 2 amide bonds. The van der Waals surface area contributed by atoms with Crippen LogP contribution in [-0.4, -0.2) is 45.1 Å². The van der Waals surface area contributed by atoms with Crippen molar-refractivity contribution in [1.29, 1.82) is 0 Å². The minimum absolute atomic E-state index is 0.0864. The van der Waals surface area contributed by atoms with Gasteiger partial charge in [0.2, 0.25) is 5.91 Å². The van der Waals surface area contributed by atoms with Gasteiger partial charge in [-0.3, -0.25) is 9.59 Å². The number of carbonyl (C=O) groups excluding carboxylic acids is 2. The Labute approximate surface area is 134 Å². The fourth-order valence-electron chi connectivity index (χ4n) is 2.89. The van der Waals surface area contributed by atoms with E-state index in [-0.39, 0.29) is 18.2 Å². The maximum Gasteiger partial charge on any atom is 0.250 e. The van der Waals surface area contributed by atoms with E-state index < -0.39 is 6.04 Å². The van der Waals surface area contributed by atoms with Gasteiger partial charge in [-0.2, -0.15) is 0 Å². The van der Waals surface area contributed by atoms with Crippen molar-refractivity contribution in [3.8, 4) is 0 Å². The van der Waals surface area contributed by atoms with Crippen molar-refractivity contribution >= 4 is 11.8 Å². The van der Waals surface area contributed by atoms with Gasteiger partial charge in [-0.05, 0) is 12.5 Å². The van der Waals surface area contributed by atoms with Gasteiger partial charge >= 0.3 is 0 Å². The fourth-order valence-corrected chi connectivity index (χ4v) is 2.89. The van der Waals surface area contributed by atoms with Gasteiger partial charge in [0.05, 0.1) is 6.42 Å². The minimum Gasteiger partial charge on any atom is -0.357 e. The molecule has 0 spiro atoms. The van der Waals surface area contributed by atoms with E-state index in [0.717, 1.165) is 11.4 Å². The SMILES string of the molecule is CNC(=O)C1c2nnc(C)n2CCN1C(=O)Cc1ccccc1. The second kappa shape index (κ2) is 6.20. The van der Waals surface area contributed by atoms with Crippen LogP contribution in [0.5, 0.6) is 0 Å². The highest BCUT2D eigenvalue weighted by Crippen LogP contribution is 2.25. The zero-order valence-corrected chi connectivity index (χ0v) is 13.2. The molecule has 1 unspecified atom stereocenters. The molecule has 1 atom stereocenters. The summed E-state index contributed by atoms with van der Waals surface area (Å²) in [5.74, 6) is 0.940. The summed E-state index contributed by atoms with van der Waals surface area (Å²) in [6, 6.07) is 8.79. The summed E-state index contributed by atoms with van der Waals surface area (Å²) in [5.41, 5.74) is 0.927. The van der Waals surface area contributed by atoms with Gasteiger partial charge in [0, 0.05) is 20.1 Å². The highest BCUT2D eigenvalue weighted by molar-refractivity contribution is 5.89. The second-order valence-corrected chi connectivity index (χ2v) is 5.52. The third-order valence-corrected chi connectivity index (χ3v) is 4.10. The lowest BCUT2D eigenvalue weighted by molar-refractivity contribution is -0.141. The quantitative estimate of drug-likeness (QED) is 0.892. The van der Waals surface area contributed by atoms with E-state index in [2.05, 4.69) is 15.5 Å². The van der Waals surface area contributed by atoms with Crippen LogP contribution in [0.25, 0.3) is 0 Å². The monoisotopic (exact) mass is 313 g/mol. The van der Waals surface area contributed by atoms with E-state index in [0.29, 0.717) is 18.9 Å². The predicted molar refractivity (Wildman–Crippen MR) is 83.4 cm³/mol. The normalized spacial score (nSPS) is 16.8. The number of aryl methyl sites for hydroxylation is 1. The first kappa shape index (κ1) is 15.2. The Morgan fingerprint density at radius 2 is 1.96 bits per heavy atom. The van der Waals surface area contributed by atoms with Crippen LogP contribution in [0.4, 0.5) is 0 Å². The number of hydrogen-bond acceptors (Lipinski definition) is 4. The lowest BCUT2D eigenvalue weighted by atomic mass is 10.1. The molecular formula is C16H19N5O2. The van der Waals surface area contributed by atoms with E-state index in [9.17, 15) is 9.59 Å². The first-order valence-electron chi connectivity index (χ1n) is 7.56. The van der Waals surface area contributed by atoms with E-state index in [1.807, 2.05) is 41.8 Å². The third kappa shape index (κ3) is 2.81. The molecule has 120 valence electrons. The van der Waals surface area contributed by atoms with Crippen molar-refractivity contribution in [2.24, 2.45) is 0 Å². The van der Waals surface area contributed by atoms with Crippen LogP contribution in [0.2, 0.25) is 0 Å². The summed E-state index contributed by atoms with van der Waals surface area (Å²) in [5, 5.41) is 10.8. The number of rotatable bonds is 3. The van der Waals surface area contributed by atoms with Gasteiger partial charge in [-0.15, -0.1) is 10.2 Å². The minimum atomic E-state index is -0.730. The number of amides is 2. The van der Waals surface area contributed by atoms with Crippen LogP contribution in [0.15, 0.2) is 30.3 Å². The van der Waals surface area contributed by atoms with E-state index >= 15 is 0 Å². The number of hydrogen-bond donors (Lipinski definition) is 1. The first-order chi connectivity index (χ1) is 11.1. The molecule has 1 aliphatic heterocycles. The Kier molecular flexibility index (Phi) is 4.10. The molecule has 0 bridgehead atoms. The standard InChI is InChI=1S/C16H19N5O2/c1-11-18-19-15-14(16(23)17-2)21(9-8-20(11)15)13(22)10-12-6-4-3-5-7-12/h3-7,14H,8-10H2,1-2H3,(H,17,23). The number of nitrogens with one attached hydrogen (secondary N) is 1. The zero-order chi connectivity index (χ0) is 16.4. The molecule has 0 aliphatic carbocycles. The Morgan fingerprint density at radius 1 is 1.22 bits per heavy atom. The topological polar surface area (TPSA) is 80.1 Å². The molecule has 0 fully saturated rings. The largest absolute Gasteiger partial charge is 0.357 e. The fraction of sp³-hybridized carbons (Fsp3) is 0.375. The van der Waals surface area contributed by atoms with Gasteiger partial charge in [0.25, 0.3) is 5.91 Å². The smallest absolute Gasteiger partial charge is 0.250 e. The summed E-state index contributed by atoms with van der Waals surface area (Å²) in [4.78, 5) is 26.6. The highest BCUT2D eigenvalue weighted by Gasteiger charge is 2.38. The summed E-state index contributed by atoms with van der Waals surface area (Å²) in [6.07, 6.45) is 0.265. The number of benzene rings is 1. The Balaban J connectivity index is 1.89. The third-order valence-electron chi connectivity index (χ3n) is 4.10. The molecule has 0 saturated heterocycles. The molecular weight excluding hydrogens is 294 g/mol. The molecule has 3 rings (SSSR count). The average molecular weight is 313 g/mol. The maximum atomic E-state index is 12.7. The lowest BCUT2D eigenvalue weighted by Gasteiger charge is -2.34.